The number of hydrogen-bond donors (Lipinski definition) is 3. The summed E-state index contributed by atoms with van der Waals surface area (Å²) in [6.07, 6.45) is -1.98. The normalized spacial score (nSPS) is 15.1. The van der Waals surface area contributed by atoms with E-state index in [0.29, 0.717) is 11.4 Å². The molecule has 1 rings (SSSR count). The number of rotatable bonds is 3. The van der Waals surface area contributed by atoms with Gasteiger partial charge in [0.1, 0.15) is 6.10 Å². The summed E-state index contributed by atoms with van der Waals surface area (Å²) in [6.45, 7) is 0. The summed E-state index contributed by atoms with van der Waals surface area (Å²) in [6, 6.07) is 3.06. The molecular formula is C8H10BrClN2O2. The van der Waals surface area contributed by atoms with Gasteiger partial charge in [0.2, 0.25) is 0 Å². The predicted octanol–water partition coefficient (Wildman–Crippen LogP) is 1.11. The van der Waals surface area contributed by atoms with Gasteiger partial charge >= 0.3 is 0 Å². The zero-order valence-electron chi connectivity index (χ0n) is 7.19. The Bertz CT molecular complexity index is 324. The summed E-state index contributed by atoms with van der Waals surface area (Å²) in [5.74, 6) is 0. The Morgan fingerprint density at radius 1 is 1.50 bits per heavy atom. The number of halogens is 2. The van der Waals surface area contributed by atoms with Crippen molar-refractivity contribution in [3.63, 3.8) is 0 Å². The number of nitrogen functional groups attached to an aromatic ring is 1. The van der Waals surface area contributed by atoms with Crippen LogP contribution in [0, 0.1) is 0 Å². The van der Waals surface area contributed by atoms with Crippen molar-refractivity contribution in [2.45, 2.75) is 12.2 Å². The van der Waals surface area contributed by atoms with E-state index < -0.39 is 12.2 Å². The fraction of sp³-hybridized carbons (Fsp3) is 0.375. The standard InChI is InChI=1S/C8H10BrClN2O2/c9-3-6(13)7(14)5-2-1-4(11)8(10)12-5/h1-2,6-7,13-14H,3,11H2. The van der Waals surface area contributed by atoms with E-state index in [9.17, 15) is 10.2 Å². The van der Waals surface area contributed by atoms with Crippen molar-refractivity contribution in [1.82, 2.24) is 4.98 Å². The number of alkyl halides is 1. The summed E-state index contributed by atoms with van der Waals surface area (Å²) in [5, 5.41) is 19.3. The molecule has 4 nitrogen and oxygen atoms in total. The predicted molar refractivity (Wildman–Crippen MR) is 58.4 cm³/mol. The van der Waals surface area contributed by atoms with Gasteiger partial charge in [-0.1, -0.05) is 27.5 Å². The number of nitrogens with zero attached hydrogens (tertiary/aromatic N) is 1. The maximum atomic E-state index is 9.56. The van der Waals surface area contributed by atoms with Gasteiger partial charge in [-0.25, -0.2) is 4.98 Å². The highest BCUT2D eigenvalue weighted by Gasteiger charge is 2.18. The first kappa shape index (κ1) is 11.7. The number of nitrogens with two attached hydrogens (primary N) is 1. The molecule has 0 radical (unpaired) electrons. The van der Waals surface area contributed by atoms with Gasteiger partial charge in [-0.05, 0) is 12.1 Å². The minimum Gasteiger partial charge on any atom is -0.396 e. The van der Waals surface area contributed by atoms with E-state index in [1.807, 2.05) is 0 Å². The van der Waals surface area contributed by atoms with Crippen molar-refractivity contribution >= 4 is 33.2 Å². The Hall–Kier alpha value is -0.360. The Morgan fingerprint density at radius 2 is 2.14 bits per heavy atom. The fourth-order valence-corrected chi connectivity index (χ4v) is 1.42. The van der Waals surface area contributed by atoms with Crippen molar-refractivity contribution in [1.29, 1.82) is 0 Å². The molecule has 0 bridgehead atoms. The molecule has 0 aliphatic carbocycles. The molecular weight excluding hydrogens is 271 g/mol. The van der Waals surface area contributed by atoms with Crippen molar-refractivity contribution < 1.29 is 10.2 Å². The Labute approximate surface area is 94.8 Å². The van der Waals surface area contributed by atoms with Crippen LogP contribution in [0.15, 0.2) is 12.1 Å². The highest BCUT2D eigenvalue weighted by molar-refractivity contribution is 9.09. The molecule has 0 saturated heterocycles. The second-order valence-electron chi connectivity index (χ2n) is 2.78. The Morgan fingerprint density at radius 3 is 2.64 bits per heavy atom. The zero-order valence-corrected chi connectivity index (χ0v) is 9.53. The molecule has 1 aromatic rings. The van der Waals surface area contributed by atoms with E-state index in [0.717, 1.165) is 0 Å². The third-order valence-electron chi connectivity index (χ3n) is 1.72. The molecule has 0 amide bonds. The first-order valence-corrected chi connectivity index (χ1v) is 5.40. The molecule has 0 aliphatic rings. The van der Waals surface area contributed by atoms with Crippen molar-refractivity contribution in [2.75, 3.05) is 11.1 Å². The lowest BCUT2D eigenvalue weighted by Gasteiger charge is -2.15. The Kier molecular flexibility index (Phi) is 4.12. The van der Waals surface area contributed by atoms with Crippen molar-refractivity contribution in [2.24, 2.45) is 0 Å². The van der Waals surface area contributed by atoms with Crippen LogP contribution in [0.4, 0.5) is 5.69 Å². The lowest BCUT2D eigenvalue weighted by atomic mass is 10.1. The molecule has 0 saturated carbocycles. The summed E-state index contributed by atoms with van der Waals surface area (Å²) in [4.78, 5) is 3.85. The number of anilines is 1. The number of aliphatic hydroxyl groups excluding tert-OH is 2. The molecule has 78 valence electrons. The molecule has 1 aromatic heterocycles. The van der Waals surface area contributed by atoms with E-state index in [1.165, 1.54) is 12.1 Å². The number of aliphatic hydroxyl groups is 2. The van der Waals surface area contributed by atoms with Crippen LogP contribution in [0.5, 0.6) is 0 Å². The average molecular weight is 282 g/mol. The van der Waals surface area contributed by atoms with Gasteiger partial charge < -0.3 is 15.9 Å². The molecule has 0 fully saturated rings. The van der Waals surface area contributed by atoms with E-state index in [1.54, 1.807) is 0 Å². The quantitative estimate of drug-likeness (QED) is 0.573. The molecule has 2 unspecified atom stereocenters. The van der Waals surface area contributed by atoms with Crippen LogP contribution < -0.4 is 5.73 Å². The number of pyridine rings is 1. The minimum atomic E-state index is -1.06. The van der Waals surface area contributed by atoms with Crippen LogP contribution >= 0.6 is 27.5 Å². The fourth-order valence-electron chi connectivity index (χ4n) is 0.905. The monoisotopic (exact) mass is 280 g/mol. The summed E-state index contributed by atoms with van der Waals surface area (Å²) < 4.78 is 0. The van der Waals surface area contributed by atoms with Crippen LogP contribution in [-0.4, -0.2) is 26.6 Å². The SMILES string of the molecule is Nc1ccc(C(O)C(O)CBr)nc1Cl. The first-order chi connectivity index (χ1) is 6.56. The summed E-state index contributed by atoms with van der Waals surface area (Å²) in [7, 11) is 0. The molecule has 4 N–H and O–H groups in total. The topological polar surface area (TPSA) is 79.4 Å². The molecule has 0 aromatic carbocycles. The highest BCUT2D eigenvalue weighted by Crippen LogP contribution is 2.21. The maximum Gasteiger partial charge on any atom is 0.152 e. The molecule has 1 heterocycles. The van der Waals surface area contributed by atoms with Crippen molar-refractivity contribution in [3.05, 3.63) is 23.0 Å². The Balaban J connectivity index is 2.91. The molecule has 0 aliphatic heterocycles. The van der Waals surface area contributed by atoms with Gasteiger partial charge in [0.05, 0.1) is 17.5 Å². The van der Waals surface area contributed by atoms with E-state index in [-0.39, 0.29) is 10.5 Å². The average Bonchev–Trinajstić information content (AvgIpc) is 2.20. The second-order valence-corrected chi connectivity index (χ2v) is 3.79. The van der Waals surface area contributed by atoms with E-state index in [4.69, 9.17) is 17.3 Å². The molecule has 6 heteroatoms. The van der Waals surface area contributed by atoms with Crippen LogP contribution in [0.3, 0.4) is 0 Å². The minimum absolute atomic E-state index is 0.128. The molecule has 2 atom stereocenters. The van der Waals surface area contributed by atoms with E-state index >= 15 is 0 Å². The van der Waals surface area contributed by atoms with E-state index in [2.05, 4.69) is 20.9 Å². The van der Waals surface area contributed by atoms with Gasteiger partial charge in [0.25, 0.3) is 0 Å². The second kappa shape index (κ2) is 4.93. The first-order valence-electron chi connectivity index (χ1n) is 3.90. The van der Waals surface area contributed by atoms with Gasteiger partial charge in [0.15, 0.2) is 5.15 Å². The van der Waals surface area contributed by atoms with Gasteiger partial charge in [-0.2, -0.15) is 0 Å². The molecule has 14 heavy (non-hydrogen) atoms. The summed E-state index contributed by atoms with van der Waals surface area (Å²) in [5.41, 5.74) is 6.10. The van der Waals surface area contributed by atoms with Gasteiger partial charge in [-0.3, -0.25) is 0 Å². The zero-order chi connectivity index (χ0) is 10.7. The van der Waals surface area contributed by atoms with Crippen molar-refractivity contribution in [3.8, 4) is 0 Å². The maximum absolute atomic E-state index is 9.56. The van der Waals surface area contributed by atoms with Crippen LogP contribution in [0.1, 0.15) is 11.8 Å². The summed E-state index contributed by atoms with van der Waals surface area (Å²) >= 11 is 8.72. The largest absolute Gasteiger partial charge is 0.396 e. The molecule has 0 spiro atoms. The smallest absolute Gasteiger partial charge is 0.152 e. The van der Waals surface area contributed by atoms with Crippen LogP contribution in [0.25, 0.3) is 0 Å². The third-order valence-corrected chi connectivity index (χ3v) is 2.69. The van der Waals surface area contributed by atoms with Crippen LogP contribution in [0.2, 0.25) is 5.15 Å². The lowest BCUT2D eigenvalue weighted by Crippen LogP contribution is -2.20. The number of hydrogen-bond acceptors (Lipinski definition) is 4. The lowest BCUT2D eigenvalue weighted by molar-refractivity contribution is 0.0316. The third kappa shape index (κ3) is 2.57. The van der Waals surface area contributed by atoms with Crippen LogP contribution in [-0.2, 0) is 0 Å². The van der Waals surface area contributed by atoms with Gasteiger partial charge in [0, 0.05) is 5.33 Å². The highest BCUT2D eigenvalue weighted by atomic mass is 79.9. The van der Waals surface area contributed by atoms with Gasteiger partial charge in [-0.15, -0.1) is 0 Å². The number of aromatic nitrogens is 1.